The normalized spacial score (nSPS) is 15.8. The average Bonchev–Trinajstić information content (AvgIpc) is 2.55. The monoisotopic (exact) mass is 290 g/mol. The van der Waals surface area contributed by atoms with Crippen molar-refractivity contribution in [3.63, 3.8) is 0 Å². The molecule has 0 aromatic heterocycles. The first-order valence-electron chi connectivity index (χ1n) is 7.48. The molecule has 0 unspecified atom stereocenters. The highest BCUT2D eigenvalue weighted by Gasteiger charge is 2.23. The van der Waals surface area contributed by atoms with Gasteiger partial charge in [0.15, 0.2) is 0 Å². The topological polar surface area (TPSA) is 69.6 Å². The minimum atomic E-state index is -0.327. The van der Waals surface area contributed by atoms with E-state index in [-0.39, 0.29) is 11.8 Å². The van der Waals surface area contributed by atoms with Crippen LogP contribution < -0.4 is 5.48 Å². The number of piperidine rings is 1. The van der Waals surface area contributed by atoms with Gasteiger partial charge in [-0.3, -0.25) is 14.8 Å². The van der Waals surface area contributed by atoms with Crippen molar-refractivity contribution in [2.75, 3.05) is 13.1 Å². The van der Waals surface area contributed by atoms with Gasteiger partial charge in [-0.2, -0.15) is 0 Å². The molecule has 0 spiro atoms. The van der Waals surface area contributed by atoms with Gasteiger partial charge >= 0.3 is 0 Å². The summed E-state index contributed by atoms with van der Waals surface area (Å²) in [5.41, 5.74) is 2.40. The quantitative estimate of drug-likeness (QED) is 0.645. The first-order chi connectivity index (χ1) is 10.2. The van der Waals surface area contributed by atoms with Crippen molar-refractivity contribution >= 4 is 11.8 Å². The molecule has 1 fully saturated rings. The van der Waals surface area contributed by atoms with Crippen LogP contribution in [-0.4, -0.2) is 35.0 Å². The van der Waals surface area contributed by atoms with Gasteiger partial charge in [0.25, 0.3) is 5.91 Å². The summed E-state index contributed by atoms with van der Waals surface area (Å²) in [4.78, 5) is 25.1. The lowest BCUT2D eigenvalue weighted by Gasteiger charge is -2.32. The van der Waals surface area contributed by atoms with Crippen LogP contribution in [0, 0.1) is 5.92 Å². The zero-order valence-corrected chi connectivity index (χ0v) is 12.1. The minimum absolute atomic E-state index is 0.105. The number of hydrogen-bond acceptors (Lipinski definition) is 3. The molecule has 1 aliphatic heterocycles. The molecule has 0 atom stereocenters. The predicted molar refractivity (Wildman–Crippen MR) is 78.8 cm³/mol. The maximum absolute atomic E-state index is 12.3. The average molecular weight is 290 g/mol. The standard InChI is InChI=1S/C16H22N2O3/c19-15(17-21)8-4-5-13-9-11-18(12-10-13)16(20)14-6-2-1-3-7-14/h1-3,6-7,13,21H,4-5,8-12H2,(H,17,19). The van der Waals surface area contributed by atoms with Gasteiger partial charge in [-0.05, 0) is 43.7 Å². The Kier molecular flexibility index (Phi) is 5.75. The summed E-state index contributed by atoms with van der Waals surface area (Å²) in [6.07, 6.45) is 4.09. The Balaban J connectivity index is 1.73. The van der Waals surface area contributed by atoms with Gasteiger partial charge in [0.2, 0.25) is 5.91 Å². The predicted octanol–water partition coefficient (Wildman–Crippen LogP) is 2.21. The number of benzene rings is 1. The second kappa shape index (κ2) is 7.78. The molecule has 2 rings (SSSR count). The van der Waals surface area contributed by atoms with Crippen molar-refractivity contribution in [3.05, 3.63) is 35.9 Å². The van der Waals surface area contributed by atoms with Gasteiger partial charge in [-0.15, -0.1) is 0 Å². The van der Waals surface area contributed by atoms with Crippen LogP contribution in [0.5, 0.6) is 0 Å². The third kappa shape index (κ3) is 4.56. The third-order valence-corrected chi connectivity index (χ3v) is 4.06. The fraction of sp³-hybridized carbons (Fsp3) is 0.500. The Labute approximate surface area is 124 Å². The highest BCUT2D eigenvalue weighted by atomic mass is 16.5. The van der Waals surface area contributed by atoms with E-state index in [4.69, 9.17) is 5.21 Å². The second-order valence-corrected chi connectivity index (χ2v) is 5.53. The molecular formula is C16H22N2O3. The van der Waals surface area contributed by atoms with E-state index >= 15 is 0 Å². The smallest absolute Gasteiger partial charge is 0.253 e. The Morgan fingerprint density at radius 1 is 1.19 bits per heavy atom. The third-order valence-electron chi connectivity index (χ3n) is 4.06. The van der Waals surface area contributed by atoms with Crippen molar-refractivity contribution in [2.45, 2.75) is 32.1 Å². The highest BCUT2D eigenvalue weighted by molar-refractivity contribution is 5.94. The Hall–Kier alpha value is -1.88. The summed E-state index contributed by atoms with van der Waals surface area (Å²) in [7, 11) is 0. The fourth-order valence-corrected chi connectivity index (χ4v) is 2.80. The van der Waals surface area contributed by atoms with Crippen LogP contribution in [0.25, 0.3) is 0 Å². The van der Waals surface area contributed by atoms with Crippen LogP contribution in [0.15, 0.2) is 30.3 Å². The summed E-state index contributed by atoms with van der Waals surface area (Å²) in [6, 6.07) is 9.37. The van der Waals surface area contributed by atoms with Crippen LogP contribution >= 0.6 is 0 Å². The molecular weight excluding hydrogens is 268 g/mol. The molecule has 5 nitrogen and oxygen atoms in total. The summed E-state index contributed by atoms with van der Waals surface area (Å²) in [5.74, 6) is 0.344. The van der Waals surface area contributed by atoms with E-state index in [1.54, 1.807) is 5.48 Å². The van der Waals surface area contributed by atoms with Crippen LogP contribution in [0.1, 0.15) is 42.5 Å². The van der Waals surface area contributed by atoms with Gasteiger partial charge in [0.1, 0.15) is 0 Å². The molecule has 1 aromatic rings. The van der Waals surface area contributed by atoms with E-state index in [1.165, 1.54) is 0 Å². The largest absolute Gasteiger partial charge is 0.339 e. The molecule has 5 heteroatoms. The number of nitrogens with zero attached hydrogens (tertiary/aromatic N) is 1. The first kappa shape index (κ1) is 15.5. The summed E-state index contributed by atoms with van der Waals surface area (Å²) < 4.78 is 0. The second-order valence-electron chi connectivity index (χ2n) is 5.53. The van der Waals surface area contributed by atoms with Gasteiger partial charge in [-0.1, -0.05) is 18.2 Å². The van der Waals surface area contributed by atoms with Gasteiger partial charge in [0.05, 0.1) is 0 Å². The molecule has 1 heterocycles. The Morgan fingerprint density at radius 2 is 1.86 bits per heavy atom. The summed E-state index contributed by atoms with van der Waals surface area (Å²) >= 11 is 0. The van der Waals surface area contributed by atoms with Crippen molar-refractivity contribution in [3.8, 4) is 0 Å². The molecule has 0 radical (unpaired) electrons. The number of hydrogen-bond donors (Lipinski definition) is 2. The molecule has 2 amide bonds. The zero-order chi connectivity index (χ0) is 15.1. The molecule has 114 valence electrons. The molecule has 1 aliphatic rings. The highest BCUT2D eigenvalue weighted by Crippen LogP contribution is 2.23. The van der Waals surface area contributed by atoms with E-state index < -0.39 is 0 Å². The lowest BCUT2D eigenvalue weighted by Crippen LogP contribution is -2.38. The molecule has 0 aliphatic carbocycles. The van der Waals surface area contributed by atoms with Crippen molar-refractivity contribution in [2.24, 2.45) is 5.92 Å². The lowest BCUT2D eigenvalue weighted by molar-refractivity contribution is -0.129. The summed E-state index contributed by atoms with van der Waals surface area (Å²) in [6.45, 7) is 1.56. The summed E-state index contributed by atoms with van der Waals surface area (Å²) in [5, 5.41) is 8.43. The van der Waals surface area contributed by atoms with E-state index in [9.17, 15) is 9.59 Å². The van der Waals surface area contributed by atoms with E-state index in [0.29, 0.717) is 12.3 Å². The molecule has 21 heavy (non-hydrogen) atoms. The van der Waals surface area contributed by atoms with Crippen LogP contribution in [0.2, 0.25) is 0 Å². The van der Waals surface area contributed by atoms with E-state index in [2.05, 4.69) is 0 Å². The first-order valence-corrected chi connectivity index (χ1v) is 7.48. The maximum Gasteiger partial charge on any atom is 0.253 e. The molecule has 1 saturated heterocycles. The van der Waals surface area contributed by atoms with E-state index in [0.717, 1.165) is 44.3 Å². The molecule has 1 aromatic carbocycles. The molecule has 2 N–H and O–H groups in total. The zero-order valence-electron chi connectivity index (χ0n) is 12.1. The van der Waals surface area contributed by atoms with Gasteiger partial charge in [0, 0.05) is 25.1 Å². The molecule has 0 bridgehead atoms. The number of rotatable bonds is 5. The van der Waals surface area contributed by atoms with Crippen LogP contribution in [0.4, 0.5) is 0 Å². The SMILES string of the molecule is O=C(CCCC1CCN(C(=O)c2ccccc2)CC1)NO. The number of carbonyl (C=O) groups is 2. The number of hydroxylamine groups is 1. The Bertz CT molecular complexity index is 468. The number of likely N-dealkylation sites (tertiary alicyclic amines) is 1. The van der Waals surface area contributed by atoms with Crippen molar-refractivity contribution in [1.29, 1.82) is 0 Å². The van der Waals surface area contributed by atoms with E-state index in [1.807, 2.05) is 35.2 Å². The van der Waals surface area contributed by atoms with Crippen molar-refractivity contribution in [1.82, 2.24) is 10.4 Å². The number of nitrogens with one attached hydrogen (secondary N) is 1. The maximum atomic E-state index is 12.3. The molecule has 0 saturated carbocycles. The van der Waals surface area contributed by atoms with Crippen LogP contribution in [-0.2, 0) is 4.79 Å². The Morgan fingerprint density at radius 3 is 2.48 bits per heavy atom. The fourth-order valence-electron chi connectivity index (χ4n) is 2.80. The minimum Gasteiger partial charge on any atom is -0.339 e. The van der Waals surface area contributed by atoms with Gasteiger partial charge in [-0.25, -0.2) is 5.48 Å². The number of carbonyl (C=O) groups excluding carboxylic acids is 2. The number of amides is 2. The van der Waals surface area contributed by atoms with Crippen LogP contribution in [0.3, 0.4) is 0 Å². The lowest BCUT2D eigenvalue weighted by atomic mass is 9.91. The van der Waals surface area contributed by atoms with Crippen molar-refractivity contribution < 1.29 is 14.8 Å². The van der Waals surface area contributed by atoms with Gasteiger partial charge < -0.3 is 4.90 Å².